The SMILES string of the molecule is C=CCCC(=O)N1CCOc2c(cc(-c3c(OC)cccc3OC)cc2OC)C1. The normalized spacial score (nSPS) is 13.0. The van der Waals surface area contributed by atoms with Crippen LogP contribution in [0, 0.1) is 0 Å². The van der Waals surface area contributed by atoms with Gasteiger partial charge in [0.2, 0.25) is 5.91 Å². The summed E-state index contributed by atoms with van der Waals surface area (Å²) in [6, 6.07) is 9.58. The van der Waals surface area contributed by atoms with Crippen molar-refractivity contribution in [1.82, 2.24) is 4.90 Å². The zero-order valence-electron chi connectivity index (χ0n) is 17.2. The van der Waals surface area contributed by atoms with E-state index in [0.29, 0.717) is 55.5 Å². The summed E-state index contributed by atoms with van der Waals surface area (Å²) in [5.41, 5.74) is 2.59. The number of benzene rings is 2. The van der Waals surface area contributed by atoms with Crippen molar-refractivity contribution >= 4 is 5.91 Å². The monoisotopic (exact) mass is 397 g/mol. The molecule has 0 saturated heterocycles. The predicted octanol–water partition coefficient (Wildman–Crippen LogP) is 4.07. The molecule has 1 aliphatic heterocycles. The van der Waals surface area contributed by atoms with Crippen molar-refractivity contribution in [3.63, 3.8) is 0 Å². The lowest BCUT2D eigenvalue weighted by molar-refractivity contribution is -0.131. The van der Waals surface area contributed by atoms with Crippen molar-refractivity contribution in [3.05, 3.63) is 48.6 Å². The minimum absolute atomic E-state index is 0.0839. The molecule has 0 atom stereocenters. The van der Waals surface area contributed by atoms with Gasteiger partial charge in [0.1, 0.15) is 18.1 Å². The minimum atomic E-state index is 0.0839. The summed E-state index contributed by atoms with van der Waals surface area (Å²) >= 11 is 0. The highest BCUT2D eigenvalue weighted by atomic mass is 16.5. The van der Waals surface area contributed by atoms with Gasteiger partial charge in [0.25, 0.3) is 0 Å². The van der Waals surface area contributed by atoms with E-state index in [1.165, 1.54) is 0 Å². The molecule has 154 valence electrons. The van der Waals surface area contributed by atoms with E-state index in [-0.39, 0.29) is 5.91 Å². The number of carbonyl (C=O) groups excluding carboxylic acids is 1. The average molecular weight is 397 g/mol. The van der Waals surface area contributed by atoms with E-state index in [1.807, 2.05) is 35.2 Å². The number of carbonyl (C=O) groups is 1. The molecule has 0 spiro atoms. The lowest BCUT2D eigenvalue weighted by Gasteiger charge is -2.20. The fraction of sp³-hybridized carbons (Fsp3) is 0.348. The predicted molar refractivity (Wildman–Crippen MR) is 112 cm³/mol. The van der Waals surface area contributed by atoms with Crippen LogP contribution in [0.3, 0.4) is 0 Å². The molecule has 1 amide bonds. The van der Waals surface area contributed by atoms with Crippen LogP contribution in [0.4, 0.5) is 0 Å². The van der Waals surface area contributed by atoms with Gasteiger partial charge in [-0.3, -0.25) is 4.79 Å². The van der Waals surface area contributed by atoms with E-state index in [0.717, 1.165) is 16.7 Å². The summed E-state index contributed by atoms with van der Waals surface area (Å²) in [5.74, 6) is 2.76. The Balaban J connectivity index is 2.07. The number of fused-ring (bicyclic) bond motifs is 1. The van der Waals surface area contributed by atoms with Crippen LogP contribution in [0.1, 0.15) is 18.4 Å². The fourth-order valence-electron chi connectivity index (χ4n) is 3.51. The Kier molecular flexibility index (Phi) is 6.65. The number of allylic oxidation sites excluding steroid dienone is 1. The Bertz CT molecular complexity index is 871. The molecule has 2 aromatic rings. The van der Waals surface area contributed by atoms with E-state index in [2.05, 4.69) is 6.58 Å². The third kappa shape index (κ3) is 4.31. The molecule has 0 bridgehead atoms. The molecule has 1 heterocycles. The summed E-state index contributed by atoms with van der Waals surface area (Å²) < 4.78 is 22.7. The van der Waals surface area contributed by atoms with Crippen LogP contribution < -0.4 is 18.9 Å². The number of hydrogen-bond acceptors (Lipinski definition) is 5. The van der Waals surface area contributed by atoms with Gasteiger partial charge in [0.15, 0.2) is 11.5 Å². The molecule has 29 heavy (non-hydrogen) atoms. The molecular formula is C23H27NO5. The summed E-state index contributed by atoms with van der Waals surface area (Å²) in [6.45, 7) is 5.09. The summed E-state index contributed by atoms with van der Waals surface area (Å²) in [6.07, 6.45) is 2.86. The van der Waals surface area contributed by atoms with Crippen molar-refractivity contribution in [1.29, 1.82) is 0 Å². The first-order valence-corrected chi connectivity index (χ1v) is 9.56. The van der Waals surface area contributed by atoms with Crippen molar-refractivity contribution < 1.29 is 23.7 Å². The average Bonchev–Trinajstić information content (AvgIpc) is 2.98. The molecule has 0 fully saturated rings. The topological polar surface area (TPSA) is 57.2 Å². The molecule has 6 heteroatoms. The highest BCUT2D eigenvalue weighted by Gasteiger charge is 2.24. The highest BCUT2D eigenvalue weighted by Crippen LogP contribution is 2.44. The van der Waals surface area contributed by atoms with Crippen LogP contribution in [0.2, 0.25) is 0 Å². The zero-order chi connectivity index (χ0) is 20.8. The van der Waals surface area contributed by atoms with Crippen LogP contribution in [-0.4, -0.2) is 45.3 Å². The van der Waals surface area contributed by atoms with Gasteiger partial charge in [-0.15, -0.1) is 6.58 Å². The van der Waals surface area contributed by atoms with Crippen molar-refractivity contribution in [2.45, 2.75) is 19.4 Å². The van der Waals surface area contributed by atoms with E-state index in [9.17, 15) is 4.79 Å². The first-order chi connectivity index (χ1) is 14.1. The molecule has 0 saturated carbocycles. The number of ether oxygens (including phenoxy) is 4. The number of nitrogens with zero attached hydrogens (tertiary/aromatic N) is 1. The Morgan fingerprint density at radius 3 is 2.45 bits per heavy atom. The van der Waals surface area contributed by atoms with Gasteiger partial charge in [-0.25, -0.2) is 0 Å². The number of methoxy groups -OCH3 is 3. The molecule has 3 rings (SSSR count). The molecule has 2 aromatic carbocycles. The van der Waals surface area contributed by atoms with Gasteiger partial charge in [0, 0.05) is 18.5 Å². The Hall–Kier alpha value is -3.15. The lowest BCUT2D eigenvalue weighted by Crippen LogP contribution is -2.32. The number of amides is 1. The molecule has 0 aliphatic carbocycles. The number of hydrogen-bond donors (Lipinski definition) is 0. The second-order valence-corrected chi connectivity index (χ2v) is 6.70. The van der Waals surface area contributed by atoms with E-state index < -0.39 is 0 Å². The Morgan fingerprint density at radius 2 is 1.83 bits per heavy atom. The standard InChI is InChI=1S/C23H27NO5/c1-5-6-10-21(25)24-11-12-29-23-17(15-24)13-16(14-20(23)28-4)22-18(26-2)8-7-9-19(22)27-3/h5,7-9,13-14H,1,6,10-12,15H2,2-4H3. The molecule has 0 aromatic heterocycles. The third-order valence-corrected chi connectivity index (χ3v) is 4.95. The minimum Gasteiger partial charge on any atom is -0.496 e. The Morgan fingerprint density at radius 1 is 1.14 bits per heavy atom. The second-order valence-electron chi connectivity index (χ2n) is 6.70. The van der Waals surface area contributed by atoms with E-state index in [4.69, 9.17) is 18.9 Å². The maximum Gasteiger partial charge on any atom is 0.223 e. The molecule has 1 aliphatic rings. The van der Waals surface area contributed by atoms with Crippen LogP contribution in [0.5, 0.6) is 23.0 Å². The van der Waals surface area contributed by atoms with Gasteiger partial charge in [-0.05, 0) is 36.2 Å². The number of rotatable bonds is 7. The van der Waals surface area contributed by atoms with Gasteiger partial charge < -0.3 is 23.8 Å². The molecule has 0 N–H and O–H groups in total. The molecule has 0 radical (unpaired) electrons. The van der Waals surface area contributed by atoms with Crippen LogP contribution in [-0.2, 0) is 11.3 Å². The maximum absolute atomic E-state index is 12.6. The van der Waals surface area contributed by atoms with Crippen molar-refractivity contribution in [2.24, 2.45) is 0 Å². The van der Waals surface area contributed by atoms with E-state index in [1.54, 1.807) is 27.4 Å². The maximum atomic E-state index is 12.6. The van der Waals surface area contributed by atoms with Gasteiger partial charge in [-0.2, -0.15) is 0 Å². The van der Waals surface area contributed by atoms with Crippen molar-refractivity contribution in [2.75, 3.05) is 34.5 Å². The van der Waals surface area contributed by atoms with Crippen LogP contribution >= 0.6 is 0 Å². The van der Waals surface area contributed by atoms with E-state index >= 15 is 0 Å². The first kappa shape index (κ1) is 20.6. The summed E-state index contributed by atoms with van der Waals surface area (Å²) in [5, 5.41) is 0. The zero-order valence-corrected chi connectivity index (χ0v) is 17.2. The third-order valence-electron chi connectivity index (χ3n) is 4.95. The van der Waals surface area contributed by atoms with Gasteiger partial charge in [-0.1, -0.05) is 12.1 Å². The largest absolute Gasteiger partial charge is 0.496 e. The van der Waals surface area contributed by atoms with Crippen LogP contribution in [0.25, 0.3) is 11.1 Å². The van der Waals surface area contributed by atoms with Crippen LogP contribution in [0.15, 0.2) is 43.0 Å². The quantitative estimate of drug-likeness (QED) is 0.660. The first-order valence-electron chi connectivity index (χ1n) is 9.56. The smallest absolute Gasteiger partial charge is 0.223 e. The second kappa shape index (κ2) is 9.37. The lowest BCUT2D eigenvalue weighted by atomic mass is 9.99. The molecule has 0 unspecified atom stereocenters. The summed E-state index contributed by atoms with van der Waals surface area (Å²) in [4.78, 5) is 14.4. The summed E-state index contributed by atoms with van der Waals surface area (Å²) in [7, 11) is 4.87. The molecular weight excluding hydrogens is 370 g/mol. The Labute approximate surface area is 171 Å². The van der Waals surface area contributed by atoms with Gasteiger partial charge >= 0.3 is 0 Å². The fourth-order valence-corrected chi connectivity index (χ4v) is 3.51. The van der Waals surface area contributed by atoms with Crippen molar-refractivity contribution in [3.8, 4) is 34.1 Å². The van der Waals surface area contributed by atoms with Gasteiger partial charge in [0.05, 0.1) is 33.4 Å². The highest BCUT2D eigenvalue weighted by molar-refractivity contribution is 5.80. The molecule has 6 nitrogen and oxygen atoms in total.